The Bertz CT molecular complexity index is 1530. The lowest BCUT2D eigenvalue weighted by Gasteiger charge is -2.65. The largest absolute Gasteiger partial charge is 0.504 e. The first-order valence-electron chi connectivity index (χ1n) is 13.9. The van der Waals surface area contributed by atoms with E-state index in [1.165, 1.54) is 12.8 Å². The highest BCUT2D eigenvalue weighted by Gasteiger charge is 2.73. The van der Waals surface area contributed by atoms with Crippen LogP contribution in [0.25, 0.3) is 6.08 Å². The van der Waals surface area contributed by atoms with Gasteiger partial charge in [0.2, 0.25) is 5.91 Å². The highest BCUT2D eigenvalue weighted by atomic mass is 35.5. The number of amides is 1. The number of nitrogens with zero attached hydrogens (tertiary/aromatic N) is 1. The van der Waals surface area contributed by atoms with E-state index in [1.54, 1.807) is 30.4 Å². The summed E-state index contributed by atoms with van der Waals surface area (Å²) in [6.45, 7) is 1.89. The van der Waals surface area contributed by atoms with Crippen LogP contribution < -0.4 is 10.1 Å². The number of nitrogens with one attached hydrogen (secondary N) is 1. The molecule has 218 valence electrons. The van der Waals surface area contributed by atoms with Crippen molar-refractivity contribution < 1.29 is 32.4 Å². The highest BCUT2D eigenvalue weighted by Crippen LogP contribution is 2.65. The number of phenols is 1. The second-order valence-electron chi connectivity index (χ2n) is 11.9. The quantitative estimate of drug-likeness (QED) is 0.351. The molecule has 7 rings (SSSR count). The fourth-order valence-corrected chi connectivity index (χ4v) is 7.70. The summed E-state index contributed by atoms with van der Waals surface area (Å²) in [5, 5.41) is 14.8. The van der Waals surface area contributed by atoms with Crippen LogP contribution in [0.5, 0.6) is 11.5 Å². The van der Waals surface area contributed by atoms with Gasteiger partial charge in [-0.1, -0.05) is 29.8 Å². The lowest BCUT2D eigenvalue weighted by atomic mass is 9.47. The van der Waals surface area contributed by atoms with Crippen molar-refractivity contribution in [2.75, 3.05) is 19.3 Å². The molecule has 2 aromatic rings. The summed E-state index contributed by atoms with van der Waals surface area (Å²) < 4.78 is 32.2. The minimum Gasteiger partial charge on any atom is -0.504 e. The van der Waals surface area contributed by atoms with Gasteiger partial charge in [0.05, 0.1) is 17.2 Å². The number of phenolic OH excluding ortho intramolecular Hbond substituents is 1. The van der Waals surface area contributed by atoms with E-state index >= 15 is 0 Å². The molecule has 0 aromatic heterocycles. The molecule has 3 fully saturated rings. The Morgan fingerprint density at radius 1 is 1.20 bits per heavy atom. The number of ketones is 1. The van der Waals surface area contributed by atoms with Crippen molar-refractivity contribution in [2.45, 2.75) is 61.6 Å². The summed E-state index contributed by atoms with van der Waals surface area (Å²) in [6, 6.07) is 11.1. The van der Waals surface area contributed by atoms with Gasteiger partial charge in [-0.15, -0.1) is 0 Å². The number of hydrogen-bond donors (Lipinski definition) is 3. The minimum absolute atomic E-state index is 0.0643. The first-order valence-corrected chi connectivity index (χ1v) is 16.1. The molecule has 2 aromatic carbocycles. The molecule has 11 heteroatoms. The summed E-state index contributed by atoms with van der Waals surface area (Å²) in [6.07, 6.45) is 8.34. The van der Waals surface area contributed by atoms with E-state index in [1.807, 2.05) is 18.2 Å². The van der Waals surface area contributed by atoms with Gasteiger partial charge in [-0.2, -0.15) is 8.42 Å². The number of hydrogen-bond acceptors (Lipinski definition) is 7. The molecule has 4 atom stereocenters. The molecule has 5 aliphatic rings. The topological polar surface area (TPSA) is 133 Å². The van der Waals surface area contributed by atoms with Gasteiger partial charge in [0.15, 0.2) is 23.4 Å². The van der Waals surface area contributed by atoms with Gasteiger partial charge in [0, 0.05) is 35.7 Å². The van der Waals surface area contributed by atoms with Gasteiger partial charge in [-0.3, -0.25) is 19.0 Å². The third-order valence-corrected chi connectivity index (χ3v) is 9.51. The average molecular weight is 601 g/mol. The Morgan fingerprint density at radius 2 is 1.90 bits per heavy atom. The van der Waals surface area contributed by atoms with E-state index in [9.17, 15) is 23.1 Å². The maximum atomic E-state index is 13.5. The van der Waals surface area contributed by atoms with Crippen molar-refractivity contribution in [3.63, 3.8) is 0 Å². The molecular weight excluding hydrogens is 568 g/mol. The number of likely N-dealkylation sites (tertiary alicyclic amines) is 1. The van der Waals surface area contributed by atoms with Crippen LogP contribution in [-0.2, 0) is 31.5 Å². The van der Waals surface area contributed by atoms with Gasteiger partial charge < -0.3 is 15.2 Å². The van der Waals surface area contributed by atoms with Crippen LogP contribution in [0.2, 0.25) is 5.02 Å². The predicted octanol–water partition coefficient (Wildman–Crippen LogP) is 3.52. The zero-order valence-electron chi connectivity index (χ0n) is 22.7. The fraction of sp³-hybridized carbons (Fsp3) is 0.467. The predicted molar refractivity (Wildman–Crippen MR) is 154 cm³/mol. The van der Waals surface area contributed by atoms with Crippen molar-refractivity contribution in [1.29, 1.82) is 0 Å². The molecule has 0 radical (unpaired) electrons. The van der Waals surface area contributed by atoms with Crippen molar-refractivity contribution in [1.82, 2.24) is 10.2 Å². The van der Waals surface area contributed by atoms with Crippen LogP contribution >= 0.6 is 11.6 Å². The molecule has 2 heterocycles. The molecular formula is C30H33ClN2O7S. The van der Waals surface area contributed by atoms with Crippen molar-refractivity contribution in [2.24, 2.45) is 5.92 Å². The first kappa shape index (κ1) is 28.2. The van der Waals surface area contributed by atoms with Crippen LogP contribution in [-0.4, -0.2) is 71.7 Å². The zero-order chi connectivity index (χ0) is 29.2. The Kier molecular flexibility index (Phi) is 6.96. The van der Waals surface area contributed by atoms with Crippen molar-refractivity contribution in [3.05, 3.63) is 64.2 Å². The summed E-state index contributed by atoms with van der Waals surface area (Å²) >= 11 is 6.00. The third-order valence-electron chi connectivity index (χ3n) is 9.26. The molecule has 41 heavy (non-hydrogen) atoms. The molecule has 2 saturated carbocycles. The molecule has 3 N–H and O–H groups in total. The number of aromatic hydroxyl groups is 1. The SMILES string of the molecule is CS(=O)(=O)O.O=C(C=Cc1ccc(Cl)cc1)N[C@@]12CCC(=O)C3Oc4c(O)ccc5c4[C@@]31CCN(CC1CC1)C2C5. The third kappa shape index (κ3) is 4.94. The molecule has 2 aliphatic heterocycles. The van der Waals surface area contributed by atoms with Gasteiger partial charge in [-0.05, 0) is 80.0 Å². The monoisotopic (exact) mass is 600 g/mol. The number of rotatable bonds is 5. The number of Topliss-reactive ketones (excluding diaryl/α,β-unsaturated/α-hetero) is 1. The Morgan fingerprint density at radius 3 is 2.59 bits per heavy atom. The summed E-state index contributed by atoms with van der Waals surface area (Å²) in [7, 11) is -3.67. The molecule has 1 amide bonds. The molecule has 2 unspecified atom stereocenters. The number of ether oxygens (including phenoxy) is 1. The normalized spacial score (nSPS) is 29.8. The Hall–Kier alpha value is -2.92. The second-order valence-corrected chi connectivity index (χ2v) is 13.8. The van der Waals surface area contributed by atoms with Gasteiger partial charge in [-0.25, -0.2) is 0 Å². The lowest BCUT2D eigenvalue weighted by Crippen LogP contribution is -2.81. The minimum atomic E-state index is -3.67. The maximum absolute atomic E-state index is 13.5. The van der Waals surface area contributed by atoms with E-state index in [0.717, 1.165) is 42.6 Å². The van der Waals surface area contributed by atoms with Crippen LogP contribution in [0.4, 0.5) is 0 Å². The van der Waals surface area contributed by atoms with Gasteiger partial charge in [0.1, 0.15) is 0 Å². The molecule has 3 aliphatic carbocycles. The standard InChI is InChI=1S/C29H29ClN2O4.CH4O3S/c30-20-7-3-17(4-8-20)5-10-24(35)31-29-12-11-22(34)27-28(29)13-14-32(16-18-1-2-18)23(29)15-19-6-9-21(33)26(36-27)25(19)28;1-5(2,3)4/h3-10,18,23,27,33H,1-2,11-16H2,(H,31,35);1H3,(H,2,3,4)/t23?,27?,28-,29+;/m0./s1. The molecule has 9 nitrogen and oxygen atoms in total. The molecule has 2 bridgehead atoms. The van der Waals surface area contributed by atoms with E-state index in [4.69, 9.17) is 20.9 Å². The Labute approximate surface area is 244 Å². The van der Waals surface area contributed by atoms with E-state index in [-0.39, 0.29) is 23.5 Å². The number of halogens is 1. The maximum Gasteiger partial charge on any atom is 0.261 e. The smallest absolute Gasteiger partial charge is 0.261 e. The lowest BCUT2D eigenvalue weighted by molar-refractivity contribution is -0.148. The summed E-state index contributed by atoms with van der Waals surface area (Å²) in [4.78, 5) is 29.4. The van der Waals surface area contributed by atoms with Gasteiger partial charge >= 0.3 is 0 Å². The fourth-order valence-electron chi connectivity index (χ4n) is 7.57. The summed E-state index contributed by atoms with van der Waals surface area (Å²) in [5.74, 6) is 1.13. The Balaban J connectivity index is 0.000000559. The summed E-state index contributed by atoms with van der Waals surface area (Å²) in [5.41, 5.74) is 1.66. The van der Waals surface area contributed by atoms with Crippen LogP contribution in [0.1, 0.15) is 48.8 Å². The average Bonchev–Trinajstić information content (AvgIpc) is 3.64. The molecule has 1 saturated heterocycles. The number of benzene rings is 2. The van der Waals surface area contributed by atoms with E-state index in [0.29, 0.717) is 35.8 Å². The van der Waals surface area contributed by atoms with E-state index < -0.39 is 27.2 Å². The first-order chi connectivity index (χ1) is 19.4. The van der Waals surface area contributed by atoms with Crippen LogP contribution in [0.15, 0.2) is 42.5 Å². The van der Waals surface area contributed by atoms with Gasteiger partial charge in [0.25, 0.3) is 10.1 Å². The van der Waals surface area contributed by atoms with Crippen molar-refractivity contribution in [3.8, 4) is 11.5 Å². The second kappa shape index (κ2) is 10.1. The van der Waals surface area contributed by atoms with Crippen LogP contribution in [0.3, 0.4) is 0 Å². The van der Waals surface area contributed by atoms with E-state index in [2.05, 4.69) is 10.2 Å². The highest BCUT2D eigenvalue weighted by molar-refractivity contribution is 7.85. The number of piperidine rings is 1. The zero-order valence-corrected chi connectivity index (χ0v) is 24.2. The van der Waals surface area contributed by atoms with Crippen molar-refractivity contribution >= 4 is 39.5 Å². The number of carbonyl (C=O) groups excluding carboxylic acids is 2. The van der Waals surface area contributed by atoms with Crippen LogP contribution in [0, 0.1) is 5.92 Å². The number of carbonyl (C=O) groups is 2. The molecule has 1 spiro atoms.